The van der Waals surface area contributed by atoms with Crippen LogP contribution >= 0.6 is 0 Å². The SMILES string of the molecule is Cc1cn2nc([C@H](C)N(C)C(=O)C3(NC(=O)OC(C)C)CCc4ccccc43)cc2nc1N1CC[C@H](NC(=O)OC(C)(C)C)C1. The van der Waals surface area contributed by atoms with Gasteiger partial charge in [0.25, 0.3) is 5.91 Å². The van der Waals surface area contributed by atoms with Crippen LogP contribution in [0.4, 0.5) is 15.4 Å². The van der Waals surface area contributed by atoms with Crippen LogP contribution in [-0.2, 0) is 26.2 Å². The monoisotopic (exact) mass is 619 g/mol. The van der Waals surface area contributed by atoms with Crippen LogP contribution in [0.5, 0.6) is 0 Å². The van der Waals surface area contributed by atoms with Gasteiger partial charge in [-0.1, -0.05) is 24.3 Å². The predicted molar refractivity (Wildman–Crippen MR) is 170 cm³/mol. The maximum Gasteiger partial charge on any atom is 0.408 e. The van der Waals surface area contributed by atoms with Crippen molar-refractivity contribution in [1.29, 1.82) is 0 Å². The average Bonchev–Trinajstić information content (AvgIpc) is 3.67. The van der Waals surface area contributed by atoms with Gasteiger partial charge in [-0.2, -0.15) is 5.10 Å². The lowest BCUT2D eigenvalue weighted by atomic mass is 9.89. The Kier molecular flexibility index (Phi) is 8.70. The minimum atomic E-state index is -1.24. The van der Waals surface area contributed by atoms with Gasteiger partial charge in [0.1, 0.15) is 17.0 Å². The van der Waals surface area contributed by atoms with Gasteiger partial charge >= 0.3 is 12.2 Å². The number of rotatable bonds is 7. The molecule has 1 aliphatic heterocycles. The molecule has 0 radical (unpaired) electrons. The lowest BCUT2D eigenvalue weighted by Crippen LogP contribution is -2.56. The maximum absolute atomic E-state index is 14.3. The second kappa shape index (κ2) is 12.2. The first-order chi connectivity index (χ1) is 21.2. The van der Waals surface area contributed by atoms with E-state index in [1.807, 2.05) is 71.1 Å². The average molecular weight is 620 g/mol. The zero-order chi connectivity index (χ0) is 32.7. The molecule has 12 nitrogen and oxygen atoms in total. The van der Waals surface area contributed by atoms with Gasteiger partial charge in [0, 0.05) is 38.0 Å². The van der Waals surface area contributed by atoms with E-state index in [0.29, 0.717) is 30.7 Å². The molecule has 242 valence electrons. The molecule has 2 aliphatic rings. The quantitative estimate of drug-likeness (QED) is 0.391. The summed E-state index contributed by atoms with van der Waals surface area (Å²) in [5, 5.41) is 10.7. The summed E-state index contributed by atoms with van der Waals surface area (Å²) in [5.74, 6) is 0.594. The van der Waals surface area contributed by atoms with Crippen molar-refractivity contribution >= 4 is 29.6 Å². The molecule has 3 aromatic rings. The zero-order valence-corrected chi connectivity index (χ0v) is 27.5. The van der Waals surface area contributed by atoms with E-state index < -0.39 is 29.4 Å². The van der Waals surface area contributed by atoms with Crippen molar-refractivity contribution in [3.63, 3.8) is 0 Å². The largest absolute Gasteiger partial charge is 0.447 e. The highest BCUT2D eigenvalue weighted by Gasteiger charge is 2.49. The van der Waals surface area contributed by atoms with E-state index in [4.69, 9.17) is 19.6 Å². The Morgan fingerprint density at radius 3 is 2.58 bits per heavy atom. The van der Waals surface area contributed by atoms with Crippen LogP contribution in [0.25, 0.3) is 5.65 Å². The molecule has 45 heavy (non-hydrogen) atoms. The third-order valence-electron chi connectivity index (χ3n) is 8.43. The van der Waals surface area contributed by atoms with Crippen molar-refractivity contribution < 1.29 is 23.9 Å². The van der Waals surface area contributed by atoms with Crippen molar-refractivity contribution in [3.8, 4) is 0 Å². The molecular weight excluding hydrogens is 574 g/mol. The fourth-order valence-corrected chi connectivity index (χ4v) is 6.20. The second-order valence-corrected chi connectivity index (χ2v) is 13.4. The van der Waals surface area contributed by atoms with E-state index >= 15 is 0 Å². The van der Waals surface area contributed by atoms with E-state index in [-0.39, 0.29) is 18.1 Å². The van der Waals surface area contributed by atoms with E-state index in [2.05, 4.69) is 15.5 Å². The van der Waals surface area contributed by atoms with Crippen LogP contribution in [0, 0.1) is 6.92 Å². The number of anilines is 1. The number of aromatic nitrogens is 3. The Morgan fingerprint density at radius 2 is 1.87 bits per heavy atom. The molecule has 1 aliphatic carbocycles. The van der Waals surface area contributed by atoms with Crippen molar-refractivity contribution in [2.45, 2.75) is 97.1 Å². The molecule has 2 N–H and O–H groups in total. The molecule has 0 saturated carbocycles. The normalized spacial score (nSPS) is 20.2. The number of carbonyl (C=O) groups excluding carboxylic acids is 3. The summed E-state index contributed by atoms with van der Waals surface area (Å²) in [5.41, 5.74) is 2.29. The Bertz CT molecular complexity index is 1600. The molecule has 1 fully saturated rings. The third kappa shape index (κ3) is 6.69. The molecule has 5 rings (SSSR count). The lowest BCUT2D eigenvalue weighted by molar-refractivity contribution is -0.139. The van der Waals surface area contributed by atoms with Gasteiger partial charge in [0.2, 0.25) is 0 Å². The summed E-state index contributed by atoms with van der Waals surface area (Å²) < 4.78 is 12.6. The topological polar surface area (TPSA) is 130 Å². The summed E-state index contributed by atoms with van der Waals surface area (Å²) in [7, 11) is 1.74. The van der Waals surface area contributed by atoms with Gasteiger partial charge in [0.05, 0.1) is 23.9 Å². The Balaban J connectivity index is 1.35. The fraction of sp³-hybridized carbons (Fsp3) is 0.545. The van der Waals surface area contributed by atoms with Gasteiger partial charge in [-0.25, -0.2) is 19.1 Å². The van der Waals surface area contributed by atoms with Crippen LogP contribution < -0.4 is 15.5 Å². The van der Waals surface area contributed by atoms with Crippen LogP contribution in [0.2, 0.25) is 0 Å². The number of nitrogens with one attached hydrogen (secondary N) is 2. The Morgan fingerprint density at radius 1 is 1.13 bits per heavy atom. The number of hydrogen-bond donors (Lipinski definition) is 2. The summed E-state index contributed by atoms with van der Waals surface area (Å²) in [4.78, 5) is 48.2. The number of carbonyl (C=O) groups is 3. The van der Waals surface area contributed by atoms with Gasteiger partial charge in [-0.15, -0.1) is 0 Å². The molecule has 3 heterocycles. The number of amides is 3. The predicted octanol–water partition coefficient (Wildman–Crippen LogP) is 4.64. The maximum atomic E-state index is 14.3. The van der Waals surface area contributed by atoms with Gasteiger partial charge in [-0.05, 0) is 78.9 Å². The minimum Gasteiger partial charge on any atom is -0.447 e. The molecule has 1 unspecified atom stereocenters. The number of nitrogens with zero attached hydrogens (tertiary/aromatic N) is 5. The van der Waals surface area contributed by atoms with Crippen molar-refractivity contribution in [2.24, 2.45) is 0 Å². The van der Waals surface area contributed by atoms with Crippen molar-refractivity contribution in [2.75, 3.05) is 25.0 Å². The molecule has 3 amide bonds. The number of hydrogen-bond acceptors (Lipinski definition) is 8. The zero-order valence-electron chi connectivity index (χ0n) is 27.5. The Labute approximate surface area is 264 Å². The number of likely N-dealkylation sites (N-methyl/N-ethyl adjacent to an activating group) is 1. The first-order valence-corrected chi connectivity index (χ1v) is 15.6. The molecule has 0 bridgehead atoms. The number of benzene rings is 1. The van der Waals surface area contributed by atoms with Gasteiger partial charge < -0.3 is 29.9 Å². The lowest BCUT2D eigenvalue weighted by Gasteiger charge is -2.36. The van der Waals surface area contributed by atoms with Crippen LogP contribution in [0.3, 0.4) is 0 Å². The van der Waals surface area contributed by atoms with Crippen molar-refractivity contribution in [1.82, 2.24) is 30.1 Å². The summed E-state index contributed by atoms with van der Waals surface area (Å²) in [6.07, 6.45) is 2.45. The highest BCUT2D eigenvalue weighted by Crippen LogP contribution is 2.40. The van der Waals surface area contributed by atoms with Crippen LogP contribution in [0.15, 0.2) is 36.5 Å². The van der Waals surface area contributed by atoms with Crippen LogP contribution in [0.1, 0.15) is 82.8 Å². The van der Waals surface area contributed by atoms with Crippen molar-refractivity contribution in [3.05, 3.63) is 58.9 Å². The highest BCUT2D eigenvalue weighted by atomic mass is 16.6. The van der Waals surface area contributed by atoms with Gasteiger partial charge in [0.15, 0.2) is 5.65 Å². The summed E-state index contributed by atoms with van der Waals surface area (Å²) in [6.45, 7) is 14.4. The van der Waals surface area contributed by atoms with Gasteiger partial charge in [-0.3, -0.25) is 4.79 Å². The number of alkyl carbamates (subject to hydrolysis) is 2. The van der Waals surface area contributed by atoms with E-state index in [0.717, 1.165) is 35.5 Å². The fourth-order valence-electron chi connectivity index (χ4n) is 6.20. The summed E-state index contributed by atoms with van der Waals surface area (Å²) in [6, 6.07) is 9.15. The summed E-state index contributed by atoms with van der Waals surface area (Å²) >= 11 is 0. The Hall–Kier alpha value is -4.35. The molecule has 1 aromatic carbocycles. The van der Waals surface area contributed by atoms with E-state index in [1.165, 1.54) is 0 Å². The molecule has 12 heteroatoms. The number of fused-ring (bicyclic) bond motifs is 2. The third-order valence-corrected chi connectivity index (χ3v) is 8.43. The molecular formula is C33H45N7O5. The molecule has 2 aromatic heterocycles. The minimum absolute atomic E-state index is 0.0445. The molecule has 0 spiro atoms. The smallest absolute Gasteiger partial charge is 0.408 e. The molecule has 3 atom stereocenters. The molecule has 1 saturated heterocycles. The first kappa shape index (κ1) is 32.1. The number of ether oxygens (including phenoxy) is 2. The van der Waals surface area contributed by atoms with Crippen LogP contribution in [-0.4, -0.2) is 75.5 Å². The first-order valence-electron chi connectivity index (χ1n) is 15.6. The highest BCUT2D eigenvalue weighted by molar-refractivity contribution is 5.92. The standard InChI is InChI=1S/C33H45N7O5/c1-20(2)44-31(43)36-33(15-13-23-11-9-10-12-25(23)33)29(41)38(8)22(4)26-17-27-35-28(21(3)18-40(27)37-26)39-16-14-24(19-39)34-30(42)45-32(5,6)7/h9-12,17-18,20,22,24H,13-16,19H2,1-8H3,(H,34,42)(H,36,43)/t22-,24-,33?/m0/s1. The number of aryl methyl sites for hydroxylation is 2. The second-order valence-electron chi connectivity index (χ2n) is 13.4. The van der Waals surface area contributed by atoms with E-state index in [9.17, 15) is 14.4 Å². The van der Waals surface area contributed by atoms with E-state index in [1.54, 1.807) is 30.3 Å².